The first-order valence-corrected chi connectivity index (χ1v) is 7.11. The highest BCUT2D eigenvalue weighted by Gasteiger charge is 2.23. The first-order valence-electron chi connectivity index (χ1n) is 5.96. The summed E-state index contributed by atoms with van der Waals surface area (Å²) in [6.45, 7) is 3.72. The van der Waals surface area contributed by atoms with Gasteiger partial charge in [0.15, 0.2) is 0 Å². The Kier molecular flexibility index (Phi) is 6.65. The van der Waals surface area contributed by atoms with Crippen molar-refractivity contribution in [1.29, 1.82) is 0 Å². The van der Waals surface area contributed by atoms with Crippen LogP contribution in [-0.2, 0) is 19.1 Å². The quantitative estimate of drug-likeness (QED) is 0.663. The van der Waals surface area contributed by atoms with Crippen LogP contribution in [0.25, 0.3) is 0 Å². The molecule has 1 rings (SSSR count). The van der Waals surface area contributed by atoms with E-state index in [9.17, 15) is 14.4 Å². The number of hydrogen-bond acceptors (Lipinski definition) is 5. The van der Waals surface area contributed by atoms with Gasteiger partial charge in [0.25, 0.3) is 0 Å². The Balaban J connectivity index is 2.28. The minimum Gasteiger partial charge on any atom is -0.481 e. The van der Waals surface area contributed by atoms with E-state index < -0.39 is 12.0 Å². The second kappa shape index (κ2) is 8.00. The Labute approximate surface area is 115 Å². The van der Waals surface area contributed by atoms with Crippen molar-refractivity contribution in [1.82, 2.24) is 10.2 Å². The zero-order valence-corrected chi connectivity index (χ0v) is 11.6. The summed E-state index contributed by atoms with van der Waals surface area (Å²) in [6, 6.07) is -0.601. The molecule has 19 heavy (non-hydrogen) atoms. The maximum Gasteiger partial charge on any atom is 0.313 e. The first kappa shape index (κ1) is 15.8. The number of carboxylic acid groups (broad SMARTS) is 1. The lowest BCUT2D eigenvalue weighted by Gasteiger charge is -2.29. The van der Waals surface area contributed by atoms with Gasteiger partial charge in [0.05, 0.1) is 24.7 Å². The van der Waals surface area contributed by atoms with Crippen molar-refractivity contribution < 1.29 is 24.2 Å². The largest absolute Gasteiger partial charge is 0.481 e. The van der Waals surface area contributed by atoms with E-state index in [2.05, 4.69) is 5.32 Å². The van der Waals surface area contributed by atoms with Gasteiger partial charge in [-0.25, -0.2) is 0 Å². The Bertz CT molecular complexity index is 344. The minimum atomic E-state index is -0.963. The Hall–Kier alpha value is -1.28. The zero-order valence-electron chi connectivity index (χ0n) is 10.8. The molecule has 2 N–H and O–H groups in total. The number of rotatable bonds is 6. The third kappa shape index (κ3) is 5.93. The summed E-state index contributed by atoms with van der Waals surface area (Å²) in [7, 11) is 0. The first-order chi connectivity index (χ1) is 9.00. The molecule has 108 valence electrons. The predicted octanol–water partition coefficient (Wildman–Crippen LogP) is -0.832. The molecule has 0 radical (unpaired) electrons. The van der Waals surface area contributed by atoms with Crippen molar-refractivity contribution in [2.24, 2.45) is 0 Å². The van der Waals surface area contributed by atoms with Crippen molar-refractivity contribution in [2.45, 2.75) is 13.0 Å². The number of aliphatic carboxylic acids is 1. The van der Waals surface area contributed by atoms with Crippen LogP contribution in [0.2, 0.25) is 0 Å². The van der Waals surface area contributed by atoms with Gasteiger partial charge in [-0.1, -0.05) is 0 Å². The molecule has 0 aromatic carbocycles. The van der Waals surface area contributed by atoms with Gasteiger partial charge in [0.2, 0.25) is 11.8 Å². The van der Waals surface area contributed by atoms with Crippen molar-refractivity contribution in [3.05, 3.63) is 0 Å². The fraction of sp³-hybridized carbons (Fsp3) is 0.727. The minimum absolute atomic E-state index is 0.0348. The lowest BCUT2D eigenvalue weighted by molar-refractivity contribution is -0.139. The van der Waals surface area contributed by atoms with Gasteiger partial charge in [-0.3, -0.25) is 14.4 Å². The van der Waals surface area contributed by atoms with E-state index in [4.69, 9.17) is 9.84 Å². The summed E-state index contributed by atoms with van der Waals surface area (Å²) in [4.78, 5) is 35.4. The van der Waals surface area contributed by atoms with Crippen molar-refractivity contribution in [3.63, 3.8) is 0 Å². The molecule has 8 heteroatoms. The van der Waals surface area contributed by atoms with Crippen LogP contribution in [0, 0.1) is 0 Å². The third-order valence-corrected chi connectivity index (χ3v) is 3.45. The van der Waals surface area contributed by atoms with E-state index in [0.717, 1.165) is 11.8 Å². The highest BCUT2D eigenvalue weighted by molar-refractivity contribution is 8.00. The molecule has 1 aliphatic heterocycles. The van der Waals surface area contributed by atoms with E-state index in [-0.39, 0.29) is 23.3 Å². The molecule has 1 fully saturated rings. The number of morpholine rings is 1. The topological polar surface area (TPSA) is 95.9 Å². The molecule has 0 spiro atoms. The molecule has 1 aliphatic rings. The second-order valence-corrected chi connectivity index (χ2v) is 5.10. The monoisotopic (exact) mass is 290 g/mol. The van der Waals surface area contributed by atoms with Crippen molar-refractivity contribution in [2.75, 3.05) is 37.8 Å². The molecule has 0 aromatic rings. The molecule has 1 heterocycles. The van der Waals surface area contributed by atoms with Crippen LogP contribution in [-0.4, -0.2) is 71.6 Å². The van der Waals surface area contributed by atoms with Crippen LogP contribution in [0.1, 0.15) is 6.92 Å². The molecule has 1 unspecified atom stereocenters. The van der Waals surface area contributed by atoms with E-state index in [0.29, 0.717) is 26.3 Å². The maximum absolute atomic E-state index is 12.0. The number of thioether (sulfide) groups is 1. The molecule has 2 amide bonds. The summed E-state index contributed by atoms with van der Waals surface area (Å²) in [5, 5.41) is 11.0. The summed E-state index contributed by atoms with van der Waals surface area (Å²) >= 11 is 1.00. The van der Waals surface area contributed by atoms with E-state index in [1.54, 1.807) is 11.8 Å². The smallest absolute Gasteiger partial charge is 0.313 e. The molecule has 1 saturated heterocycles. The van der Waals surface area contributed by atoms with Gasteiger partial charge in [-0.15, -0.1) is 11.8 Å². The van der Waals surface area contributed by atoms with E-state index >= 15 is 0 Å². The number of carbonyl (C=O) groups excluding carboxylic acids is 2. The highest BCUT2D eigenvalue weighted by atomic mass is 32.2. The second-order valence-electron chi connectivity index (χ2n) is 4.11. The zero-order chi connectivity index (χ0) is 14.3. The standard InChI is InChI=1S/C11H18N2O5S/c1-8(11(17)13-2-4-18-5-3-13)12-9(14)6-19-7-10(15)16/h8H,2-7H2,1H3,(H,12,14)(H,15,16). The lowest BCUT2D eigenvalue weighted by Crippen LogP contribution is -2.50. The molecule has 0 saturated carbocycles. The molecule has 0 aromatic heterocycles. The lowest BCUT2D eigenvalue weighted by atomic mass is 10.2. The molecule has 7 nitrogen and oxygen atoms in total. The molecule has 0 aliphatic carbocycles. The summed E-state index contributed by atoms with van der Waals surface area (Å²) in [6.07, 6.45) is 0. The maximum atomic E-state index is 12.0. The van der Waals surface area contributed by atoms with Crippen LogP contribution in [0.4, 0.5) is 0 Å². The number of nitrogens with zero attached hydrogens (tertiary/aromatic N) is 1. The van der Waals surface area contributed by atoms with Gasteiger partial charge in [-0.2, -0.15) is 0 Å². The number of hydrogen-bond donors (Lipinski definition) is 2. The summed E-state index contributed by atoms with van der Waals surface area (Å²) in [5.74, 6) is -1.53. The average molecular weight is 290 g/mol. The fourth-order valence-corrected chi connectivity index (χ4v) is 2.18. The van der Waals surface area contributed by atoms with Gasteiger partial charge in [0.1, 0.15) is 6.04 Å². The molecule has 1 atom stereocenters. The molecule has 0 bridgehead atoms. The van der Waals surface area contributed by atoms with E-state index in [1.165, 1.54) is 0 Å². The van der Waals surface area contributed by atoms with Crippen LogP contribution in [0.3, 0.4) is 0 Å². The van der Waals surface area contributed by atoms with Crippen LogP contribution in [0.5, 0.6) is 0 Å². The van der Waals surface area contributed by atoms with Crippen LogP contribution < -0.4 is 5.32 Å². The Morgan fingerprint density at radius 3 is 2.53 bits per heavy atom. The number of carbonyl (C=O) groups is 3. The van der Waals surface area contributed by atoms with Gasteiger partial charge in [0, 0.05) is 13.1 Å². The number of amides is 2. The average Bonchev–Trinajstić information content (AvgIpc) is 2.38. The highest BCUT2D eigenvalue weighted by Crippen LogP contribution is 2.02. The Morgan fingerprint density at radius 1 is 1.32 bits per heavy atom. The van der Waals surface area contributed by atoms with Crippen LogP contribution >= 0.6 is 11.8 Å². The van der Waals surface area contributed by atoms with Crippen molar-refractivity contribution in [3.8, 4) is 0 Å². The number of ether oxygens (including phenoxy) is 1. The van der Waals surface area contributed by atoms with Gasteiger partial charge < -0.3 is 20.1 Å². The van der Waals surface area contributed by atoms with Gasteiger partial charge >= 0.3 is 5.97 Å². The fourth-order valence-electron chi connectivity index (χ4n) is 1.63. The summed E-state index contributed by atoms with van der Waals surface area (Å²) < 4.78 is 5.15. The number of nitrogens with one attached hydrogen (secondary N) is 1. The Morgan fingerprint density at radius 2 is 1.95 bits per heavy atom. The SMILES string of the molecule is CC(NC(=O)CSCC(=O)O)C(=O)N1CCOCC1. The van der Waals surface area contributed by atoms with Crippen LogP contribution in [0.15, 0.2) is 0 Å². The van der Waals surface area contributed by atoms with E-state index in [1.807, 2.05) is 0 Å². The van der Waals surface area contributed by atoms with Gasteiger partial charge in [-0.05, 0) is 6.92 Å². The molecular formula is C11H18N2O5S. The number of carboxylic acids is 1. The predicted molar refractivity (Wildman–Crippen MR) is 70.0 cm³/mol. The molecular weight excluding hydrogens is 272 g/mol. The summed E-state index contributed by atoms with van der Waals surface area (Å²) in [5.41, 5.74) is 0. The third-order valence-electron chi connectivity index (χ3n) is 2.53. The van der Waals surface area contributed by atoms with Crippen molar-refractivity contribution >= 4 is 29.5 Å². The normalized spacial score (nSPS) is 16.8.